The Morgan fingerprint density at radius 1 is 1.26 bits per heavy atom. The minimum absolute atomic E-state index is 0.113. The summed E-state index contributed by atoms with van der Waals surface area (Å²) in [6.45, 7) is 4.31. The number of anilines is 1. The minimum Gasteiger partial charge on any atom is -0.344 e. The van der Waals surface area contributed by atoms with E-state index >= 15 is 0 Å². The van der Waals surface area contributed by atoms with Crippen molar-refractivity contribution in [1.29, 1.82) is 0 Å². The number of nitrogens with one attached hydrogen (secondary N) is 1. The Morgan fingerprint density at radius 2 is 2.00 bits per heavy atom. The second-order valence-corrected chi connectivity index (χ2v) is 9.43. The molecule has 0 bridgehead atoms. The predicted octanol–water partition coefficient (Wildman–Crippen LogP) is 4.47. The quantitative estimate of drug-likeness (QED) is 0.483. The van der Waals surface area contributed by atoms with E-state index in [9.17, 15) is 9.59 Å². The van der Waals surface area contributed by atoms with E-state index in [-0.39, 0.29) is 17.6 Å². The molecule has 0 unspecified atom stereocenters. The lowest BCUT2D eigenvalue weighted by Crippen LogP contribution is -2.21. The first-order chi connectivity index (χ1) is 14.7. The van der Waals surface area contributed by atoms with Crippen LogP contribution in [0.2, 0.25) is 10.0 Å². The summed E-state index contributed by atoms with van der Waals surface area (Å²) >= 11 is 14.7. The number of hydrogen-bond donors (Lipinski definition) is 1. The van der Waals surface area contributed by atoms with Gasteiger partial charge in [-0.05, 0) is 32.0 Å². The van der Waals surface area contributed by atoms with E-state index in [1.807, 2.05) is 11.5 Å². The van der Waals surface area contributed by atoms with Crippen molar-refractivity contribution in [2.45, 2.75) is 25.5 Å². The third-order valence-corrected chi connectivity index (χ3v) is 6.76. The number of carbonyl (C=O) groups excluding carboxylic acids is 2. The van der Waals surface area contributed by atoms with Crippen LogP contribution in [0.4, 0.5) is 5.13 Å². The van der Waals surface area contributed by atoms with Crippen LogP contribution in [0.1, 0.15) is 22.3 Å². The van der Waals surface area contributed by atoms with Crippen molar-refractivity contribution in [3.05, 3.63) is 38.8 Å². The zero-order valence-electron chi connectivity index (χ0n) is 17.3. The van der Waals surface area contributed by atoms with Gasteiger partial charge >= 0.3 is 0 Å². The van der Waals surface area contributed by atoms with Crippen molar-refractivity contribution in [2.24, 2.45) is 0 Å². The van der Waals surface area contributed by atoms with Crippen molar-refractivity contribution in [2.75, 3.05) is 25.2 Å². The molecule has 0 radical (unpaired) electrons. The molecule has 0 aliphatic heterocycles. The second-order valence-electron chi connectivity index (χ2n) is 6.64. The summed E-state index contributed by atoms with van der Waals surface area (Å²) in [4.78, 5) is 30.8. The van der Waals surface area contributed by atoms with E-state index in [1.165, 1.54) is 16.7 Å². The van der Waals surface area contributed by atoms with Gasteiger partial charge in [-0.3, -0.25) is 9.59 Å². The van der Waals surface area contributed by atoms with Crippen LogP contribution in [0.25, 0.3) is 11.4 Å². The number of halogens is 2. The first kappa shape index (κ1) is 23.5. The summed E-state index contributed by atoms with van der Waals surface area (Å²) in [5.74, 6) is 0.324. The maximum atomic E-state index is 12.4. The number of rotatable bonds is 7. The Morgan fingerprint density at radius 3 is 2.65 bits per heavy atom. The smallest absolute Gasteiger partial charge is 0.265 e. The summed E-state index contributed by atoms with van der Waals surface area (Å²) in [5.41, 5.74) is 1.30. The molecule has 3 rings (SSSR count). The molecule has 2 heterocycles. The van der Waals surface area contributed by atoms with Gasteiger partial charge in [-0.1, -0.05) is 46.3 Å². The molecule has 31 heavy (non-hydrogen) atoms. The number of thiazole rings is 1. The molecule has 164 valence electrons. The fourth-order valence-electron chi connectivity index (χ4n) is 2.69. The molecule has 0 spiro atoms. The summed E-state index contributed by atoms with van der Waals surface area (Å²) < 4.78 is 1.88. The molecule has 8 nitrogen and oxygen atoms in total. The lowest BCUT2D eigenvalue weighted by Gasteiger charge is -2.08. The SMILES string of the molecule is CCn1c(SCC(=O)Nc2nc(C)c(C(=O)N(C)C)s2)nnc1-c1ccc(Cl)cc1Cl. The molecule has 2 amide bonds. The van der Waals surface area contributed by atoms with E-state index in [4.69, 9.17) is 23.2 Å². The number of nitrogens with zero attached hydrogens (tertiary/aromatic N) is 5. The molecule has 0 atom stereocenters. The number of aryl methyl sites for hydroxylation is 1. The maximum Gasteiger partial charge on any atom is 0.265 e. The molecule has 12 heteroatoms. The van der Waals surface area contributed by atoms with Crippen LogP contribution in [0.5, 0.6) is 0 Å². The number of aromatic nitrogens is 4. The highest BCUT2D eigenvalue weighted by molar-refractivity contribution is 7.99. The average molecular weight is 499 g/mol. The number of thioether (sulfide) groups is 1. The molecule has 0 aliphatic rings. The third kappa shape index (κ3) is 5.38. The molecular weight excluding hydrogens is 479 g/mol. The summed E-state index contributed by atoms with van der Waals surface area (Å²) in [6, 6.07) is 5.18. The van der Waals surface area contributed by atoms with Gasteiger partial charge < -0.3 is 14.8 Å². The number of benzene rings is 1. The number of carbonyl (C=O) groups is 2. The first-order valence-electron chi connectivity index (χ1n) is 9.21. The zero-order chi connectivity index (χ0) is 22.7. The van der Waals surface area contributed by atoms with Gasteiger partial charge in [0.2, 0.25) is 5.91 Å². The van der Waals surface area contributed by atoms with Gasteiger partial charge in [-0.25, -0.2) is 4.98 Å². The largest absolute Gasteiger partial charge is 0.344 e. The van der Waals surface area contributed by atoms with E-state index < -0.39 is 0 Å². The Bertz CT molecular complexity index is 1130. The van der Waals surface area contributed by atoms with Crippen LogP contribution in [0, 0.1) is 6.92 Å². The van der Waals surface area contributed by atoms with Crippen molar-refractivity contribution in [3.63, 3.8) is 0 Å². The molecule has 0 aliphatic carbocycles. The fourth-order valence-corrected chi connectivity index (χ4v) is 4.99. The van der Waals surface area contributed by atoms with Crippen LogP contribution in [-0.4, -0.2) is 56.3 Å². The Kier molecular flexibility index (Phi) is 7.58. The first-order valence-corrected chi connectivity index (χ1v) is 11.8. The van der Waals surface area contributed by atoms with Crippen LogP contribution in [-0.2, 0) is 11.3 Å². The van der Waals surface area contributed by atoms with E-state index in [2.05, 4.69) is 20.5 Å². The standard InChI is InChI=1S/C19H20Cl2N6O2S2/c1-5-27-16(12-7-6-11(20)8-13(12)21)24-25-19(27)30-9-14(28)23-18-22-10(2)15(31-18)17(29)26(3)4/h6-8H,5,9H2,1-4H3,(H,22,23,28). The normalized spacial score (nSPS) is 10.9. The molecule has 3 aromatic rings. The maximum absolute atomic E-state index is 12.4. The highest BCUT2D eigenvalue weighted by Crippen LogP contribution is 2.31. The van der Waals surface area contributed by atoms with Gasteiger partial charge in [-0.15, -0.1) is 10.2 Å². The van der Waals surface area contributed by atoms with Gasteiger partial charge in [0.1, 0.15) is 4.88 Å². The number of amides is 2. The average Bonchev–Trinajstić information content (AvgIpc) is 3.28. The highest BCUT2D eigenvalue weighted by atomic mass is 35.5. The number of hydrogen-bond acceptors (Lipinski definition) is 7. The Hall–Kier alpha value is -2.14. The van der Waals surface area contributed by atoms with E-state index in [0.717, 1.165) is 11.3 Å². The van der Waals surface area contributed by atoms with E-state index in [1.54, 1.807) is 39.2 Å². The third-order valence-electron chi connectivity index (χ3n) is 4.18. The van der Waals surface area contributed by atoms with Crippen LogP contribution in [0.15, 0.2) is 23.4 Å². The topological polar surface area (TPSA) is 93.0 Å². The molecule has 1 aromatic carbocycles. The fraction of sp³-hybridized carbons (Fsp3) is 0.316. The van der Waals surface area contributed by atoms with Crippen LogP contribution < -0.4 is 5.32 Å². The molecule has 0 saturated heterocycles. The molecular formula is C19H20Cl2N6O2S2. The van der Waals surface area contributed by atoms with Crippen LogP contribution in [0.3, 0.4) is 0 Å². The van der Waals surface area contributed by atoms with Gasteiger partial charge in [0.25, 0.3) is 5.91 Å². The highest BCUT2D eigenvalue weighted by Gasteiger charge is 2.20. The minimum atomic E-state index is -0.251. The zero-order valence-corrected chi connectivity index (χ0v) is 20.4. The van der Waals surface area contributed by atoms with Crippen molar-refractivity contribution in [3.8, 4) is 11.4 Å². The monoisotopic (exact) mass is 498 g/mol. The molecule has 0 fully saturated rings. The summed E-state index contributed by atoms with van der Waals surface area (Å²) in [7, 11) is 3.34. The van der Waals surface area contributed by atoms with Crippen LogP contribution >= 0.6 is 46.3 Å². The molecule has 2 aromatic heterocycles. The molecule has 1 N–H and O–H groups in total. The molecule has 0 saturated carbocycles. The summed E-state index contributed by atoms with van der Waals surface area (Å²) in [6.07, 6.45) is 0. The van der Waals surface area contributed by atoms with Crippen molar-refractivity contribution < 1.29 is 9.59 Å². The summed E-state index contributed by atoms with van der Waals surface area (Å²) in [5, 5.41) is 13.2. The predicted molar refractivity (Wildman–Crippen MR) is 125 cm³/mol. The lowest BCUT2D eigenvalue weighted by atomic mass is 10.2. The van der Waals surface area contributed by atoms with Gasteiger partial charge in [-0.2, -0.15) is 0 Å². The van der Waals surface area contributed by atoms with Gasteiger partial charge in [0.05, 0.1) is 16.5 Å². The Labute approximate surface area is 198 Å². The van der Waals surface area contributed by atoms with Gasteiger partial charge in [0.15, 0.2) is 16.1 Å². The van der Waals surface area contributed by atoms with Crippen molar-refractivity contribution in [1.82, 2.24) is 24.6 Å². The second kappa shape index (κ2) is 9.99. The Balaban J connectivity index is 1.69. The van der Waals surface area contributed by atoms with Gasteiger partial charge in [0, 0.05) is 31.2 Å². The van der Waals surface area contributed by atoms with Crippen molar-refractivity contribution >= 4 is 63.2 Å². The van der Waals surface area contributed by atoms with E-state index in [0.29, 0.717) is 48.8 Å². The lowest BCUT2D eigenvalue weighted by molar-refractivity contribution is -0.113.